The van der Waals surface area contributed by atoms with Gasteiger partial charge in [-0.3, -0.25) is 4.79 Å². The van der Waals surface area contributed by atoms with Crippen molar-refractivity contribution in [3.05, 3.63) is 51.4 Å². The number of halogens is 1. The maximum atomic E-state index is 12.7. The van der Waals surface area contributed by atoms with E-state index in [9.17, 15) is 13.2 Å². The third kappa shape index (κ3) is 3.77. The number of benzene rings is 1. The van der Waals surface area contributed by atoms with E-state index in [4.69, 9.17) is 16.3 Å². The number of hydrogen-bond acceptors (Lipinski definition) is 5. The van der Waals surface area contributed by atoms with Crippen LogP contribution in [0, 0.1) is 0 Å². The fourth-order valence-corrected chi connectivity index (χ4v) is 6.43. The van der Waals surface area contributed by atoms with Crippen molar-refractivity contribution >= 4 is 38.9 Å². The molecule has 1 atom stereocenters. The number of fused-ring (bicyclic) bond motifs is 1. The molecule has 9 heteroatoms. The van der Waals surface area contributed by atoms with Crippen molar-refractivity contribution in [2.24, 2.45) is 0 Å². The molecule has 144 valence electrons. The second-order valence-corrected chi connectivity index (χ2v) is 10.2. The molecule has 6 nitrogen and oxygen atoms in total. The molecule has 1 amide bonds. The third-order valence-electron chi connectivity index (χ3n) is 4.86. The van der Waals surface area contributed by atoms with E-state index in [0.29, 0.717) is 36.2 Å². The van der Waals surface area contributed by atoms with Crippen molar-refractivity contribution in [2.45, 2.75) is 23.1 Å². The summed E-state index contributed by atoms with van der Waals surface area (Å²) in [5.41, 5.74) is 2.22. The van der Waals surface area contributed by atoms with Gasteiger partial charge in [0.15, 0.2) is 0 Å². The van der Waals surface area contributed by atoms with Crippen molar-refractivity contribution in [3.8, 4) is 0 Å². The minimum Gasteiger partial charge on any atom is -0.379 e. The number of rotatable bonds is 4. The number of amides is 1. The van der Waals surface area contributed by atoms with Crippen LogP contribution in [0.1, 0.15) is 33.3 Å². The van der Waals surface area contributed by atoms with Crippen LogP contribution in [0.15, 0.2) is 34.5 Å². The van der Waals surface area contributed by atoms with Crippen LogP contribution < -0.4 is 5.32 Å². The molecule has 1 aromatic carbocycles. The van der Waals surface area contributed by atoms with Crippen LogP contribution in [0.2, 0.25) is 5.02 Å². The molecule has 2 heterocycles. The first-order valence-corrected chi connectivity index (χ1v) is 11.4. The van der Waals surface area contributed by atoms with Crippen LogP contribution in [-0.2, 0) is 21.2 Å². The Morgan fingerprint density at radius 1 is 1.22 bits per heavy atom. The Kier molecular flexibility index (Phi) is 5.26. The summed E-state index contributed by atoms with van der Waals surface area (Å²) in [6.45, 7) is 1.46. The Morgan fingerprint density at radius 2 is 2.00 bits per heavy atom. The van der Waals surface area contributed by atoms with E-state index >= 15 is 0 Å². The normalized spacial score (nSPS) is 20.4. The van der Waals surface area contributed by atoms with E-state index in [-0.39, 0.29) is 16.2 Å². The van der Waals surface area contributed by atoms with Crippen LogP contribution in [-0.4, -0.2) is 44.9 Å². The van der Waals surface area contributed by atoms with E-state index in [0.717, 1.165) is 35.3 Å². The molecule has 0 spiro atoms. The Balaban J connectivity index is 1.48. The van der Waals surface area contributed by atoms with Gasteiger partial charge in [0.05, 0.1) is 24.1 Å². The minimum atomic E-state index is -3.58. The quantitative estimate of drug-likeness (QED) is 0.815. The summed E-state index contributed by atoms with van der Waals surface area (Å²) in [4.78, 5) is 13.0. The highest BCUT2D eigenvalue weighted by Crippen LogP contribution is 2.33. The molecule has 1 N–H and O–H groups in total. The number of sulfonamides is 1. The molecule has 1 aromatic heterocycles. The molecule has 2 aromatic rings. The largest absolute Gasteiger partial charge is 0.379 e. The summed E-state index contributed by atoms with van der Waals surface area (Å²) in [6.07, 6.45) is 1.67. The molecule has 1 aliphatic heterocycles. The Labute approximate surface area is 167 Å². The van der Waals surface area contributed by atoms with Gasteiger partial charge in [-0.2, -0.15) is 4.31 Å². The second-order valence-electron chi connectivity index (χ2n) is 6.54. The Bertz CT molecular complexity index is 967. The summed E-state index contributed by atoms with van der Waals surface area (Å²) in [6, 6.07) is 8.70. The molecule has 0 bridgehead atoms. The van der Waals surface area contributed by atoms with Crippen LogP contribution in [0.3, 0.4) is 0 Å². The third-order valence-corrected chi connectivity index (χ3v) is 8.54. The van der Waals surface area contributed by atoms with Gasteiger partial charge in [-0.05, 0) is 48.2 Å². The molecule has 1 aliphatic carbocycles. The van der Waals surface area contributed by atoms with Gasteiger partial charge in [0.2, 0.25) is 0 Å². The predicted octanol–water partition coefficient (Wildman–Crippen LogP) is 2.84. The number of aryl methyl sites for hydroxylation is 1. The highest BCUT2D eigenvalue weighted by Gasteiger charge is 2.29. The minimum absolute atomic E-state index is 0.0776. The van der Waals surface area contributed by atoms with E-state index in [1.54, 1.807) is 6.07 Å². The van der Waals surface area contributed by atoms with Gasteiger partial charge in [-0.15, -0.1) is 11.3 Å². The lowest BCUT2D eigenvalue weighted by Gasteiger charge is -2.25. The maximum absolute atomic E-state index is 12.7. The second kappa shape index (κ2) is 7.52. The number of thiophene rings is 1. The Hall–Kier alpha value is -1.45. The molecule has 1 saturated heterocycles. The molecule has 27 heavy (non-hydrogen) atoms. The maximum Gasteiger partial charge on any atom is 0.261 e. The molecule has 0 saturated carbocycles. The zero-order valence-corrected chi connectivity index (χ0v) is 16.9. The number of morpholine rings is 1. The SMILES string of the molecule is O=C(NC1CCc2cc(Cl)ccc21)c1ccc(S(=O)(=O)N2CCOCC2)s1. The standard InChI is InChI=1S/C18H19ClN2O4S2/c19-13-2-3-14-12(11-13)1-4-15(14)20-18(22)16-5-6-17(26-16)27(23,24)21-7-9-25-10-8-21/h2-3,5-6,11,15H,1,4,7-10H2,(H,20,22). The monoisotopic (exact) mass is 426 g/mol. The van der Waals surface area contributed by atoms with Crippen molar-refractivity contribution < 1.29 is 17.9 Å². The molecule has 2 aliphatic rings. The van der Waals surface area contributed by atoms with Gasteiger partial charge in [0.25, 0.3) is 15.9 Å². The van der Waals surface area contributed by atoms with Gasteiger partial charge in [0, 0.05) is 18.1 Å². The average Bonchev–Trinajstić information content (AvgIpc) is 3.30. The number of nitrogens with zero attached hydrogens (tertiary/aromatic N) is 1. The van der Waals surface area contributed by atoms with E-state index in [1.165, 1.54) is 10.4 Å². The lowest BCUT2D eigenvalue weighted by Crippen LogP contribution is -2.40. The molecule has 1 unspecified atom stereocenters. The van der Waals surface area contributed by atoms with Gasteiger partial charge in [0.1, 0.15) is 4.21 Å². The summed E-state index contributed by atoms with van der Waals surface area (Å²) in [5.74, 6) is -0.253. The zero-order chi connectivity index (χ0) is 19.0. The molecular formula is C18H19ClN2O4S2. The molecular weight excluding hydrogens is 408 g/mol. The highest BCUT2D eigenvalue weighted by atomic mass is 35.5. The summed E-state index contributed by atoms with van der Waals surface area (Å²) < 4.78 is 32.2. The van der Waals surface area contributed by atoms with E-state index in [2.05, 4.69) is 5.32 Å². The first-order chi connectivity index (χ1) is 12.9. The summed E-state index contributed by atoms with van der Waals surface area (Å²) in [7, 11) is -3.58. The van der Waals surface area contributed by atoms with Crippen LogP contribution in [0.25, 0.3) is 0 Å². The van der Waals surface area contributed by atoms with E-state index < -0.39 is 10.0 Å². The van der Waals surface area contributed by atoms with Crippen LogP contribution >= 0.6 is 22.9 Å². The number of carbonyl (C=O) groups is 1. The van der Waals surface area contributed by atoms with Gasteiger partial charge in [-0.25, -0.2) is 8.42 Å². The number of nitrogens with one attached hydrogen (secondary N) is 1. The zero-order valence-electron chi connectivity index (χ0n) is 14.5. The van der Waals surface area contributed by atoms with Gasteiger partial charge >= 0.3 is 0 Å². The first-order valence-electron chi connectivity index (χ1n) is 8.72. The predicted molar refractivity (Wildman–Crippen MR) is 104 cm³/mol. The Morgan fingerprint density at radius 3 is 2.78 bits per heavy atom. The van der Waals surface area contributed by atoms with Crippen LogP contribution in [0.4, 0.5) is 0 Å². The van der Waals surface area contributed by atoms with Crippen molar-refractivity contribution in [1.82, 2.24) is 9.62 Å². The topological polar surface area (TPSA) is 75.7 Å². The van der Waals surface area contributed by atoms with Gasteiger partial charge in [-0.1, -0.05) is 17.7 Å². The lowest BCUT2D eigenvalue weighted by molar-refractivity contribution is 0.0731. The number of ether oxygens (including phenoxy) is 1. The fraction of sp³-hybridized carbons (Fsp3) is 0.389. The molecule has 4 rings (SSSR count). The van der Waals surface area contributed by atoms with Gasteiger partial charge < -0.3 is 10.1 Å². The molecule has 1 fully saturated rings. The molecule has 0 radical (unpaired) electrons. The van der Waals surface area contributed by atoms with Crippen molar-refractivity contribution in [3.63, 3.8) is 0 Å². The van der Waals surface area contributed by atoms with Crippen molar-refractivity contribution in [1.29, 1.82) is 0 Å². The smallest absolute Gasteiger partial charge is 0.261 e. The lowest BCUT2D eigenvalue weighted by atomic mass is 10.1. The number of carbonyl (C=O) groups excluding carboxylic acids is 1. The van der Waals surface area contributed by atoms with Crippen molar-refractivity contribution in [2.75, 3.05) is 26.3 Å². The van der Waals surface area contributed by atoms with Crippen LogP contribution in [0.5, 0.6) is 0 Å². The van der Waals surface area contributed by atoms with E-state index in [1.807, 2.05) is 18.2 Å². The average molecular weight is 427 g/mol. The fourth-order valence-electron chi connectivity index (χ4n) is 3.46. The highest BCUT2D eigenvalue weighted by molar-refractivity contribution is 7.91. The summed E-state index contributed by atoms with van der Waals surface area (Å²) >= 11 is 7.03. The first kappa shape index (κ1) is 18.9. The summed E-state index contributed by atoms with van der Waals surface area (Å²) in [5, 5.41) is 3.71. The number of hydrogen-bond donors (Lipinski definition) is 1.